The van der Waals surface area contributed by atoms with Crippen LogP contribution in [0, 0.1) is 0 Å². The van der Waals surface area contributed by atoms with Gasteiger partial charge in [-0.25, -0.2) is 0 Å². The van der Waals surface area contributed by atoms with E-state index in [1.165, 1.54) is 11.3 Å². The maximum atomic E-state index is 10.4. The molecule has 0 bridgehead atoms. The Morgan fingerprint density at radius 3 is 2.83 bits per heavy atom. The monoisotopic (exact) mass is 275 g/mol. The van der Waals surface area contributed by atoms with Crippen molar-refractivity contribution in [1.29, 1.82) is 0 Å². The van der Waals surface area contributed by atoms with Gasteiger partial charge in [0.2, 0.25) is 0 Å². The zero-order valence-electron chi connectivity index (χ0n) is 9.38. The quantitative estimate of drug-likeness (QED) is 0.766. The lowest BCUT2D eigenvalue weighted by Gasteiger charge is -2.11. The third kappa shape index (κ3) is 2.01. The summed E-state index contributed by atoms with van der Waals surface area (Å²) in [5.74, 6) is 0. The average molecular weight is 276 g/mol. The third-order valence-electron chi connectivity index (χ3n) is 2.88. The molecule has 3 aromatic rings. The SMILES string of the molecule is OC(c1ccc(Cl)s1)c1cccc2ccncc12. The van der Waals surface area contributed by atoms with Crippen LogP contribution in [0.15, 0.2) is 48.8 Å². The van der Waals surface area contributed by atoms with Crippen molar-refractivity contribution in [2.24, 2.45) is 0 Å². The highest BCUT2D eigenvalue weighted by Gasteiger charge is 2.15. The van der Waals surface area contributed by atoms with Crippen LogP contribution in [-0.2, 0) is 0 Å². The number of halogens is 1. The summed E-state index contributed by atoms with van der Waals surface area (Å²) in [6.07, 6.45) is 2.87. The molecule has 4 heteroatoms. The number of aliphatic hydroxyl groups is 1. The smallest absolute Gasteiger partial charge is 0.114 e. The van der Waals surface area contributed by atoms with Crippen molar-refractivity contribution < 1.29 is 5.11 Å². The van der Waals surface area contributed by atoms with E-state index in [4.69, 9.17) is 11.6 Å². The van der Waals surface area contributed by atoms with Gasteiger partial charge in [0.15, 0.2) is 0 Å². The number of hydrogen-bond donors (Lipinski definition) is 1. The third-order valence-corrected chi connectivity index (χ3v) is 4.16. The van der Waals surface area contributed by atoms with Gasteiger partial charge in [0.05, 0.1) is 4.34 Å². The van der Waals surface area contributed by atoms with E-state index in [9.17, 15) is 5.11 Å². The maximum Gasteiger partial charge on any atom is 0.114 e. The first-order chi connectivity index (χ1) is 8.75. The Balaban J connectivity index is 2.14. The van der Waals surface area contributed by atoms with E-state index in [-0.39, 0.29) is 0 Å². The Labute approximate surface area is 113 Å². The Morgan fingerprint density at radius 1 is 1.17 bits per heavy atom. The molecule has 0 aliphatic carbocycles. The van der Waals surface area contributed by atoms with Gasteiger partial charge in [-0.1, -0.05) is 29.8 Å². The fourth-order valence-electron chi connectivity index (χ4n) is 2.00. The summed E-state index contributed by atoms with van der Waals surface area (Å²) in [7, 11) is 0. The van der Waals surface area contributed by atoms with Gasteiger partial charge in [0, 0.05) is 22.7 Å². The number of fused-ring (bicyclic) bond motifs is 1. The number of aliphatic hydroxyl groups excluding tert-OH is 1. The van der Waals surface area contributed by atoms with Gasteiger partial charge in [-0.2, -0.15) is 0 Å². The average Bonchev–Trinajstić information content (AvgIpc) is 2.84. The van der Waals surface area contributed by atoms with E-state index in [1.54, 1.807) is 18.5 Å². The highest BCUT2D eigenvalue weighted by atomic mass is 35.5. The van der Waals surface area contributed by atoms with Crippen LogP contribution in [0.1, 0.15) is 16.5 Å². The molecule has 2 aromatic heterocycles. The largest absolute Gasteiger partial charge is 0.383 e. The van der Waals surface area contributed by atoms with Crippen molar-refractivity contribution in [2.45, 2.75) is 6.10 Å². The molecule has 0 saturated carbocycles. The summed E-state index contributed by atoms with van der Waals surface area (Å²) < 4.78 is 0.683. The van der Waals surface area contributed by atoms with Gasteiger partial charge >= 0.3 is 0 Å². The Morgan fingerprint density at radius 2 is 2.06 bits per heavy atom. The zero-order chi connectivity index (χ0) is 12.5. The molecule has 1 aromatic carbocycles. The summed E-state index contributed by atoms with van der Waals surface area (Å²) in [4.78, 5) is 4.96. The molecule has 90 valence electrons. The van der Waals surface area contributed by atoms with Crippen molar-refractivity contribution in [3.8, 4) is 0 Å². The van der Waals surface area contributed by atoms with E-state index in [1.807, 2.05) is 30.3 Å². The van der Waals surface area contributed by atoms with Gasteiger partial charge in [0.1, 0.15) is 6.10 Å². The molecule has 1 N–H and O–H groups in total. The Kier molecular flexibility index (Phi) is 3.04. The normalized spacial score (nSPS) is 12.8. The molecular weight excluding hydrogens is 266 g/mol. The molecule has 0 saturated heterocycles. The molecule has 0 amide bonds. The summed E-state index contributed by atoms with van der Waals surface area (Å²) in [5, 5.41) is 12.5. The topological polar surface area (TPSA) is 33.1 Å². The minimum absolute atomic E-state index is 0.657. The van der Waals surface area contributed by atoms with Crippen LogP contribution in [0.4, 0.5) is 0 Å². The van der Waals surface area contributed by atoms with E-state index in [0.29, 0.717) is 4.34 Å². The van der Waals surface area contributed by atoms with Crippen LogP contribution in [0.3, 0.4) is 0 Å². The van der Waals surface area contributed by atoms with E-state index >= 15 is 0 Å². The van der Waals surface area contributed by atoms with Crippen LogP contribution >= 0.6 is 22.9 Å². The molecule has 0 spiro atoms. The van der Waals surface area contributed by atoms with Gasteiger partial charge < -0.3 is 5.11 Å². The highest BCUT2D eigenvalue weighted by Crippen LogP contribution is 2.33. The van der Waals surface area contributed by atoms with Crippen LogP contribution in [0.25, 0.3) is 10.8 Å². The van der Waals surface area contributed by atoms with Crippen molar-refractivity contribution in [2.75, 3.05) is 0 Å². The summed E-state index contributed by atoms with van der Waals surface area (Å²) in [6.45, 7) is 0. The Bertz CT molecular complexity index is 690. The van der Waals surface area contributed by atoms with Gasteiger partial charge in [-0.05, 0) is 29.1 Å². The number of benzene rings is 1. The minimum Gasteiger partial charge on any atom is -0.383 e. The molecule has 3 rings (SSSR count). The van der Waals surface area contributed by atoms with Crippen molar-refractivity contribution in [3.63, 3.8) is 0 Å². The molecule has 0 aliphatic heterocycles. The predicted molar refractivity (Wildman–Crippen MR) is 75.1 cm³/mol. The molecule has 0 radical (unpaired) electrons. The minimum atomic E-state index is -0.657. The fraction of sp³-hybridized carbons (Fsp3) is 0.0714. The predicted octanol–water partition coefficient (Wildman–Crippen LogP) is 4.03. The molecule has 1 atom stereocenters. The fourth-order valence-corrected chi connectivity index (χ4v) is 3.07. The number of aromatic nitrogens is 1. The van der Waals surface area contributed by atoms with E-state index < -0.39 is 6.10 Å². The molecular formula is C14H10ClNOS. The molecule has 18 heavy (non-hydrogen) atoms. The van der Waals surface area contributed by atoms with Crippen LogP contribution in [-0.4, -0.2) is 10.1 Å². The second kappa shape index (κ2) is 4.69. The summed E-state index contributed by atoms with van der Waals surface area (Å²) >= 11 is 7.30. The second-order valence-electron chi connectivity index (χ2n) is 3.99. The standard InChI is InChI=1S/C14H10ClNOS/c15-13-5-4-12(18-13)14(17)10-3-1-2-9-6-7-16-8-11(9)10/h1-8,14,17H. The number of thiophene rings is 1. The number of pyridine rings is 1. The molecule has 2 heterocycles. The van der Waals surface area contributed by atoms with Crippen LogP contribution in [0.5, 0.6) is 0 Å². The van der Waals surface area contributed by atoms with Crippen molar-refractivity contribution in [3.05, 3.63) is 63.6 Å². The van der Waals surface area contributed by atoms with Crippen LogP contribution in [0.2, 0.25) is 4.34 Å². The molecule has 0 aliphatic rings. The molecule has 1 unspecified atom stereocenters. The van der Waals surface area contributed by atoms with E-state index in [0.717, 1.165) is 21.2 Å². The number of rotatable bonds is 2. The van der Waals surface area contributed by atoms with Crippen LogP contribution < -0.4 is 0 Å². The first-order valence-electron chi connectivity index (χ1n) is 5.51. The summed E-state index contributed by atoms with van der Waals surface area (Å²) in [6, 6.07) is 11.5. The lowest BCUT2D eigenvalue weighted by atomic mass is 10.0. The second-order valence-corrected chi connectivity index (χ2v) is 5.74. The van der Waals surface area contributed by atoms with E-state index in [2.05, 4.69) is 4.98 Å². The molecule has 0 fully saturated rings. The maximum absolute atomic E-state index is 10.4. The van der Waals surface area contributed by atoms with Gasteiger partial charge in [-0.3, -0.25) is 4.98 Å². The lowest BCUT2D eigenvalue weighted by Crippen LogP contribution is -1.98. The van der Waals surface area contributed by atoms with Crippen molar-refractivity contribution >= 4 is 33.7 Å². The number of nitrogens with zero attached hydrogens (tertiary/aromatic N) is 1. The van der Waals surface area contributed by atoms with Crippen molar-refractivity contribution in [1.82, 2.24) is 4.98 Å². The first-order valence-corrected chi connectivity index (χ1v) is 6.71. The highest BCUT2D eigenvalue weighted by molar-refractivity contribution is 7.16. The first kappa shape index (κ1) is 11.7. The number of hydrogen-bond acceptors (Lipinski definition) is 3. The lowest BCUT2D eigenvalue weighted by molar-refractivity contribution is 0.226. The van der Waals surface area contributed by atoms with Gasteiger partial charge in [0.25, 0.3) is 0 Å². The zero-order valence-corrected chi connectivity index (χ0v) is 10.9. The summed E-state index contributed by atoms with van der Waals surface area (Å²) in [5.41, 5.74) is 0.860. The molecule has 2 nitrogen and oxygen atoms in total. The van der Waals surface area contributed by atoms with Gasteiger partial charge in [-0.15, -0.1) is 11.3 Å². The Hall–Kier alpha value is -1.42.